The predicted molar refractivity (Wildman–Crippen MR) is 94.2 cm³/mol. The van der Waals surface area contributed by atoms with Crippen molar-refractivity contribution < 1.29 is 0 Å². The Labute approximate surface area is 134 Å². The van der Waals surface area contributed by atoms with Crippen molar-refractivity contribution in [1.29, 1.82) is 0 Å². The molecule has 120 valence electrons. The van der Waals surface area contributed by atoms with Crippen molar-refractivity contribution in [2.45, 2.75) is 27.3 Å². The third-order valence-electron chi connectivity index (χ3n) is 3.24. The molecule has 1 aromatic carbocycles. The SMILES string of the molecule is C/C=C/c1ccccc1Cn1cnc2c(=O)[nH]c(N)nc21.CC. The number of fused-ring (bicyclic) bond motifs is 1. The third kappa shape index (κ3) is 3.48. The summed E-state index contributed by atoms with van der Waals surface area (Å²) in [4.78, 5) is 22.5. The Morgan fingerprint density at radius 3 is 2.78 bits per heavy atom. The van der Waals surface area contributed by atoms with Crippen LogP contribution < -0.4 is 11.3 Å². The summed E-state index contributed by atoms with van der Waals surface area (Å²) in [6, 6.07) is 8.06. The minimum absolute atomic E-state index is 0.0935. The van der Waals surface area contributed by atoms with Crippen molar-refractivity contribution in [3.63, 3.8) is 0 Å². The number of hydrogen-bond donors (Lipinski definition) is 2. The van der Waals surface area contributed by atoms with Gasteiger partial charge in [-0.2, -0.15) is 4.98 Å². The van der Waals surface area contributed by atoms with Crippen molar-refractivity contribution in [1.82, 2.24) is 19.5 Å². The summed E-state index contributed by atoms with van der Waals surface area (Å²) in [6.45, 7) is 6.55. The number of imidazole rings is 1. The van der Waals surface area contributed by atoms with E-state index in [4.69, 9.17) is 5.73 Å². The van der Waals surface area contributed by atoms with Crippen molar-refractivity contribution >= 4 is 23.2 Å². The molecule has 2 aromatic heterocycles. The smallest absolute Gasteiger partial charge is 0.280 e. The van der Waals surface area contributed by atoms with Gasteiger partial charge in [0.15, 0.2) is 11.2 Å². The van der Waals surface area contributed by atoms with Gasteiger partial charge in [-0.05, 0) is 18.1 Å². The number of nitrogen functional groups attached to an aromatic ring is 1. The first-order valence-electron chi connectivity index (χ1n) is 7.60. The molecule has 0 amide bonds. The number of nitrogens with zero attached hydrogens (tertiary/aromatic N) is 3. The summed E-state index contributed by atoms with van der Waals surface area (Å²) < 4.78 is 1.82. The molecule has 0 unspecified atom stereocenters. The van der Waals surface area contributed by atoms with Gasteiger partial charge in [0.25, 0.3) is 5.56 Å². The summed E-state index contributed by atoms with van der Waals surface area (Å²) in [5, 5.41) is 0. The predicted octanol–water partition coefficient (Wildman–Crippen LogP) is 2.81. The molecular weight excluding hydrogens is 290 g/mol. The van der Waals surface area contributed by atoms with E-state index in [0.717, 1.165) is 11.1 Å². The van der Waals surface area contributed by atoms with Crippen molar-refractivity contribution in [2.75, 3.05) is 5.73 Å². The molecule has 0 saturated carbocycles. The Bertz CT molecular complexity index is 876. The van der Waals surface area contributed by atoms with Crippen LogP contribution >= 0.6 is 0 Å². The van der Waals surface area contributed by atoms with E-state index in [9.17, 15) is 4.79 Å². The van der Waals surface area contributed by atoms with Crippen LogP contribution in [0.15, 0.2) is 41.5 Å². The number of hydrogen-bond acceptors (Lipinski definition) is 4. The molecule has 0 saturated heterocycles. The fourth-order valence-corrected chi connectivity index (χ4v) is 2.29. The van der Waals surface area contributed by atoms with Gasteiger partial charge in [-0.3, -0.25) is 9.78 Å². The number of H-pyrrole nitrogens is 1. The Morgan fingerprint density at radius 2 is 2.04 bits per heavy atom. The van der Waals surface area contributed by atoms with Crippen LogP contribution in [-0.4, -0.2) is 19.5 Å². The Kier molecular flexibility index (Phi) is 5.30. The van der Waals surface area contributed by atoms with Gasteiger partial charge in [-0.1, -0.05) is 50.3 Å². The zero-order chi connectivity index (χ0) is 16.8. The van der Waals surface area contributed by atoms with Gasteiger partial charge in [-0.15, -0.1) is 0 Å². The van der Waals surface area contributed by atoms with E-state index in [-0.39, 0.29) is 11.5 Å². The maximum absolute atomic E-state index is 11.8. The first-order valence-corrected chi connectivity index (χ1v) is 7.60. The highest BCUT2D eigenvalue weighted by Crippen LogP contribution is 2.15. The van der Waals surface area contributed by atoms with E-state index in [0.29, 0.717) is 17.7 Å². The lowest BCUT2D eigenvalue weighted by Crippen LogP contribution is -2.12. The first kappa shape index (κ1) is 16.5. The zero-order valence-electron chi connectivity index (χ0n) is 13.6. The summed E-state index contributed by atoms with van der Waals surface area (Å²) in [5.41, 5.74) is 8.32. The van der Waals surface area contributed by atoms with Crippen LogP contribution in [0.2, 0.25) is 0 Å². The molecule has 6 heteroatoms. The number of anilines is 1. The molecule has 0 aliphatic rings. The van der Waals surface area contributed by atoms with Gasteiger partial charge in [0, 0.05) is 0 Å². The second-order valence-electron chi connectivity index (χ2n) is 4.69. The van der Waals surface area contributed by atoms with Gasteiger partial charge in [-0.25, -0.2) is 4.98 Å². The summed E-state index contributed by atoms with van der Waals surface area (Å²) in [6.07, 6.45) is 5.65. The highest BCUT2D eigenvalue weighted by molar-refractivity contribution is 5.70. The highest BCUT2D eigenvalue weighted by Gasteiger charge is 2.10. The van der Waals surface area contributed by atoms with Crippen LogP contribution in [0, 0.1) is 0 Å². The first-order chi connectivity index (χ1) is 11.2. The fraction of sp³-hybridized carbons (Fsp3) is 0.235. The standard InChI is InChI=1S/C15H15N5O.C2H6/c1-2-5-10-6-3-4-7-11(10)8-20-9-17-12-13(20)18-15(16)19-14(12)21;1-2/h2-7,9H,8H2,1H3,(H3,16,18,19,21);1-2H3/b5-2+;. The highest BCUT2D eigenvalue weighted by atomic mass is 16.1. The Morgan fingerprint density at radius 1 is 1.30 bits per heavy atom. The average Bonchev–Trinajstić information content (AvgIpc) is 2.95. The Balaban J connectivity index is 0.000000924. The van der Waals surface area contributed by atoms with Gasteiger partial charge in [0.05, 0.1) is 12.9 Å². The van der Waals surface area contributed by atoms with Crippen LogP contribution in [-0.2, 0) is 6.54 Å². The summed E-state index contributed by atoms with van der Waals surface area (Å²) in [5.74, 6) is 0.0935. The van der Waals surface area contributed by atoms with Crippen LogP contribution in [0.1, 0.15) is 31.9 Å². The maximum atomic E-state index is 11.8. The average molecular weight is 311 g/mol. The fourth-order valence-electron chi connectivity index (χ4n) is 2.29. The van der Waals surface area contributed by atoms with Gasteiger partial charge >= 0.3 is 0 Å². The molecule has 3 aromatic rings. The van der Waals surface area contributed by atoms with Crippen molar-refractivity contribution in [3.05, 3.63) is 58.1 Å². The summed E-state index contributed by atoms with van der Waals surface area (Å²) in [7, 11) is 0. The molecule has 0 fully saturated rings. The number of aromatic nitrogens is 4. The van der Waals surface area contributed by atoms with E-state index in [1.807, 2.05) is 61.8 Å². The van der Waals surface area contributed by atoms with Crippen LogP contribution in [0.4, 0.5) is 5.95 Å². The second-order valence-corrected chi connectivity index (χ2v) is 4.69. The molecule has 0 spiro atoms. The quantitative estimate of drug-likeness (QED) is 0.778. The number of nitrogens with one attached hydrogen (secondary N) is 1. The van der Waals surface area contributed by atoms with E-state index < -0.39 is 0 Å². The monoisotopic (exact) mass is 311 g/mol. The largest absolute Gasteiger partial charge is 0.369 e. The maximum Gasteiger partial charge on any atom is 0.280 e. The number of nitrogens with two attached hydrogens (primary N) is 1. The number of allylic oxidation sites excluding steroid dienone is 1. The zero-order valence-corrected chi connectivity index (χ0v) is 13.6. The second kappa shape index (κ2) is 7.40. The minimum atomic E-state index is -0.321. The summed E-state index contributed by atoms with van der Waals surface area (Å²) >= 11 is 0. The van der Waals surface area contributed by atoms with Crippen LogP contribution in [0.5, 0.6) is 0 Å². The van der Waals surface area contributed by atoms with E-state index in [1.54, 1.807) is 6.33 Å². The lowest BCUT2D eigenvalue weighted by atomic mass is 10.1. The van der Waals surface area contributed by atoms with Crippen LogP contribution in [0.3, 0.4) is 0 Å². The van der Waals surface area contributed by atoms with Gasteiger partial charge in [0.2, 0.25) is 5.95 Å². The third-order valence-corrected chi connectivity index (χ3v) is 3.24. The number of rotatable bonds is 3. The molecular formula is C17H21N5O. The molecule has 0 aliphatic heterocycles. The molecule has 3 rings (SSSR count). The lowest BCUT2D eigenvalue weighted by Gasteiger charge is -2.07. The van der Waals surface area contributed by atoms with Gasteiger partial charge < -0.3 is 10.3 Å². The Hall–Kier alpha value is -2.89. The molecule has 6 nitrogen and oxygen atoms in total. The minimum Gasteiger partial charge on any atom is -0.369 e. The molecule has 0 bridgehead atoms. The number of benzene rings is 1. The molecule has 0 atom stereocenters. The molecule has 0 radical (unpaired) electrons. The lowest BCUT2D eigenvalue weighted by molar-refractivity contribution is 0.812. The van der Waals surface area contributed by atoms with E-state index in [1.165, 1.54) is 0 Å². The van der Waals surface area contributed by atoms with E-state index >= 15 is 0 Å². The van der Waals surface area contributed by atoms with Crippen molar-refractivity contribution in [2.24, 2.45) is 0 Å². The molecule has 23 heavy (non-hydrogen) atoms. The van der Waals surface area contributed by atoms with Crippen LogP contribution in [0.25, 0.3) is 17.2 Å². The molecule has 3 N–H and O–H groups in total. The normalized spacial score (nSPS) is 10.7. The van der Waals surface area contributed by atoms with Gasteiger partial charge in [0.1, 0.15) is 0 Å². The van der Waals surface area contributed by atoms with Crippen molar-refractivity contribution in [3.8, 4) is 0 Å². The van der Waals surface area contributed by atoms with E-state index in [2.05, 4.69) is 15.0 Å². The molecule has 0 aliphatic carbocycles. The number of aromatic amines is 1. The molecule has 2 heterocycles. The topological polar surface area (TPSA) is 89.6 Å².